The van der Waals surface area contributed by atoms with Gasteiger partial charge >= 0.3 is 0 Å². The monoisotopic (exact) mass is 218 g/mol. The lowest BCUT2D eigenvalue weighted by atomic mass is 10.1. The summed E-state index contributed by atoms with van der Waals surface area (Å²) in [5, 5.41) is 2.92. The van der Waals surface area contributed by atoms with E-state index in [0.717, 1.165) is 19.4 Å². The second-order valence-electron chi connectivity index (χ2n) is 3.47. The lowest BCUT2D eigenvalue weighted by molar-refractivity contribution is -0.124. The number of nitrogens with one attached hydrogen (secondary N) is 1. The molecule has 0 radical (unpaired) electrons. The van der Waals surface area contributed by atoms with Gasteiger partial charge in [-0.2, -0.15) is 11.8 Å². The first-order valence-electron chi connectivity index (χ1n) is 5.19. The van der Waals surface area contributed by atoms with Gasteiger partial charge in [0.05, 0.1) is 0 Å². The number of nitrogens with two attached hydrogens (primary N) is 1. The number of carbonyl (C=O) groups excluding carboxylic acids is 1. The molecule has 0 fully saturated rings. The Balaban J connectivity index is 3.34. The second-order valence-corrected chi connectivity index (χ2v) is 4.45. The van der Waals surface area contributed by atoms with Crippen LogP contribution in [0.25, 0.3) is 0 Å². The lowest BCUT2D eigenvalue weighted by Crippen LogP contribution is -2.31. The molecule has 0 aliphatic carbocycles. The minimum Gasteiger partial charge on any atom is -0.356 e. The van der Waals surface area contributed by atoms with Crippen molar-refractivity contribution in [3.8, 4) is 0 Å². The van der Waals surface area contributed by atoms with Crippen LogP contribution in [0, 0.1) is 5.92 Å². The predicted octanol–water partition coefficient (Wildman–Crippen LogP) is 1.23. The molecule has 0 aromatic heterocycles. The summed E-state index contributed by atoms with van der Waals surface area (Å²) in [6.45, 7) is 3.31. The molecule has 0 bridgehead atoms. The summed E-state index contributed by atoms with van der Waals surface area (Å²) in [5.74, 6) is 1.37. The van der Waals surface area contributed by atoms with Crippen molar-refractivity contribution in [1.82, 2.24) is 5.32 Å². The number of unbranched alkanes of at least 4 members (excludes halogenated alkanes) is 1. The first-order chi connectivity index (χ1) is 6.72. The van der Waals surface area contributed by atoms with Gasteiger partial charge < -0.3 is 11.1 Å². The summed E-state index contributed by atoms with van der Waals surface area (Å²) in [6.07, 6.45) is 5.12. The summed E-state index contributed by atoms with van der Waals surface area (Å²) in [7, 11) is 0. The number of thioether (sulfide) groups is 1. The molecule has 1 amide bonds. The number of carbonyl (C=O) groups is 1. The molecule has 14 heavy (non-hydrogen) atoms. The maximum Gasteiger partial charge on any atom is 0.222 e. The van der Waals surface area contributed by atoms with Gasteiger partial charge in [0, 0.05) is 12.5 Å². The van der Waals surface area contributed by atoms with Crippen LogP contribution in [0.4, 0.5) is 0 Å². The molecule has 0 aromatic carbocycles. The van der Waals surface area contributed by atoms with Crippen LogP contribution in [-0.4, -0.2) is 31.0 Å². The number of amides is 1. The molecule has 0 saturated carbocycles. The fourth-order valence-corrected chi connectivity index (χ4v) is 1.63. The van der Waals surface area contributed by atoms with Crippen LogP contribution in [0.3, 0.4) is 0 Å². The van der Waals surface area contributed by atoms with Crippen LogP contribution in [0.5, 0.6) is 0 Å². The molecule has 3 nitrogen and oxygen atoms in total. The van der Waals surface area contributed by atoms with Gasteiger partial charge in [0.2, 0.25) is 5.91 Å². The van der Waals surface area contributed by atoms with Crippen molar-refractivity contribution in [2.45, 2.75) is 26.2 Å². The molecular formula is C10H22N2OS. The second kappa shape index (κ2) is 9.34. The largest absolute Gasteiger partial charge is 0.356 e. The van der Waals surface area contributed by atoms with Gasteiger partial charge in [0.25, 0.3) is 0 Å². The molecule has 1 unspecified atom stereocenters. The molecule has 0 aliphatic rings. The van der Waals surface area contributed by atoms with E-state index in [-0.39, 0.29) is 11.8 Å². The number of rotatable bonds is 8. The van der Waals surface area contributed by atoms with Crippen LogP contribution >= 0.6 is 11.8 Å². The molecule has 0 aromatic rings. The Morgan fingerprint density at radius 2 is 2.21 bits per heavy atom. The minimum atomic E-state index is 0.0561. The van der Waals surface area contributed by atoms with E-state index >= 15 is 0 Å². The molecule has 0 heterocycles. The van der Waals surface area contributed by atoms with Crippen molar-refractivity contribution in [1.29, 1.82) is 0 Å². The van der Waals surface area contributed by atoms with Gasteiger partial charge in [-0.15, -0.1) is 0 Å². The van der Waals surface area contributed by atoms with E-state index in [1.54, 1.807) is 0 Å². The van der Waals surface area contributed by atoms with Crippen LogP contribution in [0.2, 0.25) is 0 Å². The van der Waals surface area contributed by atoms with Gasteiger partial charge in [0.1, 0.15) is 0 Å². The Kier molecular flexibility index (Phi) is 9.19. The van der Waals surface area contributed by atoms with Gasteiger partial charge in [-0.25, -0.2) is 0 Å². The Hall–Kier alpha value is -0.220. The standard InChI is InChI=1S/C10H22N2OS/c1-9(5-6-11)10(13)12-7-3-4-8-14-2/h9H,3-8,11H2,1-2H3,(H,12,13). The van der Waals surface area contributed by atoms with Crippen LogP contribution in [-0.2, 0) is 4.79 Å². The number of hydrogen-bond donors (Lipinski definition) is 2. The van der Waals surface area contributed by atoms with E-state index < -0.39 is 0 Å². The quantitative estimate of drug-likeness (QED) is 0.603. The molecule has 0 saturated heterocycles. The summed E-state index contributed by atoms with van der Waals surface area (Å²) >= 11 is 1.85. The fraction of sp³-hybridized carbons (Fsp3) is 0.900. The van der Waals surface area contributed by atoms with Gasteiger partial charge in [-0.1, -0.05) is 6.92 Å². The fourth-order valence-electron chi connectivity index (χ4n) is 1.14. The summed E-state index contributed by atoms with van der Waals surface area (Å²) in [4.78, 5) is 11.4. The van der Waals surface area contributed by atoms with E-state index in [0.29, 0.717) is 6.54 Å². The zero-order valence-electron chi connectivity index (χ0n) is 9.21. The first kappa shape index (κ1) is 13.8. The highest BCUT2D eigenvalue weighted by atomic mass is 32.2. The van der Waals surface area contributed by atoms with E-state index in [9.17, 15) is 4.79 Å². The summed E-state index contributed by atoms with van der Waals surface area (Å²) < 4.78 is 0. The Labute approximate surface area is 91.2 Å². The molecular weight excluding hydrogens is 196 g/mol. The van der Waals surface area contributed by atoms with E-state index in [1.807, 2.05) is 18.7 Å². The average molecular weight is 218 g/mol. The maximum atomic E-state index is 11.4. The molecule has 84 valence electrons. The highest BCUT2D eigenvalue weighted by Gasteiger charge is 2.10. The zero-order valence-corrected chi connectivity index (χ0v) is 10.0. The van der Waals surface area contributed by atoms with E-state index in [4.69, 9.17) is 5.73 Å². The van der Waals surface area contributed by atoms with Crippen molar-refractivity contribution in [2.75, 3.05) is 25.1 Å². The molecule has 1 atom stereocenters. The predicted molar refractivity (Wildman–Crippen MR) is 63.5 cm³/mol. The Morgan fingerprint density at radius 3 is 2.79 bits per heavy atom. The van der Waals surface area contributed by atoms with Crippen molar-refractivity contribution in [2.24, 2.45) is 11.7 Å². The Bertz CT molecular complexity index is 153. The first-order valence-corrected chi connectivity index (χ1v) is 6.58. The molecule has 0 spiro atoms. The van der Waals surface area contributed by atoms with Gasteiger partial charge in [-0.3, -0.25) is 4.79 Å². The molecule has 3 N–H and O–H groups in total. The van der Waals surface area contributed by atoms with Gasteiger partial charge in [-0.05, 0) is 37.8 Å². The van der Waals surface area contributed by atoms with Crippen molar-refractivity contribution >= 4 is 17.7 Å². The van der Waals surface area contributed by atoms with E-state index in [1.165, 1.54) is 12.2 Å². The van der Waals surface area contributed by atoms with Crippen molar-refractivity contribution in [3.63, 3.8) is 0 Å². The smallest absolute Gasteiger partial charge is 0.222 e. The Morgan fingerprint density at radius 1 is 1.50 bits per heavy atom. The van der Waals surface area contributed by atoms with Crippen LogP contribution in [0.1, 0.15) is 26.2 Å². The highest BCUT2D eigenvalue weighted by Crippen LogP contribution is 2.01. The number of hydrogen-bond acceptors (Lipinski definition) is 3. The van der Waals surface area contributed by atoms with E-state index in [2.05, 4.69) is 11.6 Å². The topological polar surface area (TPSA) is 55.1 Å². The summed E-state index contributed by atoms with van der Waals surface area (Å²) in [5.41, 5.74) is 5.38. The van der Waals surface area contributed by atoms with Crippen molar-refractivity contribution in [3.05, 3.63) is 0 Å². The third kappa shape index (κ3) is 7.21. The van der Waals surface area contributed by atoms with Crippen LogP contribution < -0.4 is 11.1 Å². The highest BCUT2D eigenvalue weighted by molar-refractivity contribution is 7.98. The normalized spacial score (nSPS) is 12.5. The molecule has 0 rings (SSSR count). The average Bonchev–Trinajstić information content (AvgIpc) is 2.17. The van der Waals surface area contributed by atoms with Gasteiger partial charge in [0.15, 0.2) is 0 Å². The van der Waals surface area contributed by atoms with Crippen molar-refractivity contribution < 1.29 is 4.79 Å². The third-order valence-electron chi connectivity index (χ3n) is 2.12. The van der Waals surface area contributed by atoms with Crippen LogP contribution in [0.15, 0.2) is 0 Å². The summed E-state index contributed by atoms with van der Waals surface area (Å²) in [6, 6.07) is 0. The molecule has 4 heteroatoms. The molecule has 0 aliphatic heterocycles. The third-order valence-corrected chi connectivity index (χ3v) is 2.82. The SMILES string of the molecule is CSCCCCNC(=O)C(C)CCN. The maximum absolute atomic E-state index is 11.4. The minimum absolute atomic E-state index is 0.0561. The lowest BCUT2D eigenvalue weighted by Gasteiger charge is -2.10. The zero-order chi connectivity index (χ0) is 10.8.